The van der Waals surface area contributed by atoms with Gasteiger partial charge in [0.1, 0.15) is 5.82 Å². The Kier molecular flexibility index (Phi) is 2.56. The zero-order valence-corrected chi connectivity index (χ0v) is 12.5. The van der Waals surface area contributed by atoms with Gasteiger partial charge in [-0.05, 0) is 54.4 Å². The van der Waals surface area contributed by atoms with E-state index in [1.807, 2.05) is 0 Å². The van der Waals surface area contributed by atoms with Gasteiger partial charge >= 0.3 is 0 Å². The number of likely N-dealkylation sites (tertiary alicyclic amines) is 1. The molecule has 23 heavy (non-hydrogen) atoms. The molecule has 4 aliphatic carbocycles. The molecule has 2 amide bonds. The zero-order chi connectivity index (χ0) is 15.7. The average Bonchev–Trinajstić information content (AvgIpc) is 3.33. The molecular weight excluding hydrogens is 295 g/mol. The number of benzene rings is 1. The highest BCUT2D eigenvalue weighted by atomic mass is 19.1. The van der Waals surface area contributed by atoms with Crippen molar-refractivity contribution in [2.45, 2.75) is 6.42 Å². The van der Waals surface area contributed by atoms with Crippen molar-refractivity contribution in [3.8, 4) is 0 Å². The summed E-state index contributed by atoms with van der Waals surface area (Å²) in [5.41, 5.74) is 0.700. The van der Waals surface area contributed by atoms with E-state index in [1.165, 1.54) is 23.5 Å². The molecule has 1 aliphatic heterocycles. The normalized spacial score (nSPS) is 39.4. The third kappa shape index (κ3) is 1.76. The van der Waals surface area contributed by atoms with Crippen LogP contribution in [0.25, 0.3) is 0 Å². The van der Waals surface area contributed by atoms with Crippen LogP contribution in [0, 0.1) is 41.3 Å². The van der Waals surface area contributed by atoms with Gasteiger partial charge in [-0.2, -0.15) is 0 Å². The quantitative estimate of drug-likeness (QED) is 0.688. The number of carbonyl (C=O) groups excluding carboxylic acids is 2. The second-order valence-corrected chi connectivity index (χ2v) is 7.10. The van der Waals surface area contributed by atoms with Crippen LogP contribution in [0.5, 0.6) is 0 Å². The fourth-order valence-electron chi connectivity index (χ4n) is 4.91. The summed E-state index contributed by atoms with van der Waals surface area (Å²) in [6.07, 6.45) is 5.51. The Morgan fingerprint density at radius 1 is 1.00 bits per heavy atom. The van der Waals surface area contributed by atoms with Crippen LogP contribution in [0.1, 0.15) is 6.42 Å². The molecule has 6 atom stereocenters. The summed E-state index contributed by atoms with van der Waals surface area (Å²) in [6.45, 7) is 0.158. The van der Waals surface area contributed by atoms with Gasteiger partial charge < -0.3 is 5.32 Å². The van der Waals surface area contributed by atoms with Gasteiger partial charge in [0.25, 0.3) is 0 Å². The van der Waals surface area contributed by atoms with E-state index in [-0.39, 0.29) is 48.0 Å². The summed E-state index contributed by atoms with van der Waals surface area (Å²) in [6, 6.07) is 5.92. The number of halogens is 1. The van der Waals surface area contributed by atoms with Crippen molar-refractivity contribution in [1.82, 2.24) is 4.90 Å². The van der Waals surface area contributed by atoms with E-state index >= 15 is 0 Å². The first-order valence-electron chi connectivity index (χ1n) is 8.18. The van der Waals surface area contributed by atoms with Crippen molar-refractivity contribution in [2.24, 2.45) is 35.5 Å². The van der Waals surface area contributed by atoms with Gasteiger partial charge in [-0.15, -0.1) is 0 Å². The minimum absolute atomic E-state index is 0.0423. The molecule has 3 fully saturated rings. The highest BCUT2D eigenvalue weighted by molar-refractivity contribution is 6.06. The van der Waals surface area contributed by atoms with Crippen LogP contribution < -0.4 is 5.32 Å². The molecule has 1 heterocycles. The van der Waals surface area contributed by atoms with Crippen molar-refractivity contribution < 1.29 is 14.0 Å². The number of hydrogen-bond acceptors (Lipinski definition) is 3. The Bertz CT molecular complexity index is 693. The van der Waals surface area contributed by atoms with Crippen LogP contribution in [-0.2, 0) is 9.59 Å². The minimum Gasteiger partial charge on any atom is -0.367 e. The minimum atomic E-state index is -0.309. The van der Waals surface area contributed by atoms with Gasteiger partial charge in [-0.1, -0.05) is 12.2 Å². The summed E-state index contributed by atoms with van der Waals surface area (Å²) < 4.78 is 12.9. The van der Waals surface area contributed by atoms with Crippen molar-refractivity contribution in [2.75, 3.05) is 12.0 Å². The number of carbonyl (C=O) groups is 2. The lowest BCUT2D eigenvalue weighted by atomic mass is 9.63. The van der Waals surface area contributed by atoms with Crippen LogP contribution in [0.15, 0.2) is 36.4 Å². The smallest absolute Gasteiger partial charge is 0.235 e. The topological polar surface area (TPSA) is 49.4 Å². The van der Waals surface area contributed by atoms with E-state index < -0.39 is 0 Å². The van der Waals surface area contributed by atoms with Gasteiger partial charge in [0, 0.05) is 5.69 Å². The summed E-state index contributed by atoms with van der Waals surface area (Å²) >= 11 is 0. The second-order valence-electron chi connectivity index (χ2n) is 7.10. The summed E-state index contributed by atoms with van der Waals surface area (Å²) in [5.74, 6) is 1.04. The van der Waals surface area contributed by atoms with Crippen molar-refractivity contribution in [3.05, 3.63) is 42.2 Å². The van der Waals surface area contributed by atoms with Crippen LogP contribution >= 0.6 is 0 Å². The molecule has 2 saturated carbocycles. The first kappa shape index (κ1) is 13.3. The van der Waals surface area contributed by atoms with Gasteiger partial charge in [-0.25, -0.2) is 4.39 Å². The van der Waals surface area contributed by atoms with Gasteiger partial charge in [0.15, 0.2) is 0 Å². The molecule has 0 spiro atoms. The first-order chi connectivity index (χ1) is 11.1. The maximum absolute atomic E-state index is 12.9. The van der Waals surface area contributed by atoms with Crippen LogP contribution in [0.2, 0.25) is 0 Å². The van der Waals surface area contributed by atoms with E-state index in [1.54, 1.807) is 12.1 Å². The second kappa shape index (κ2) is 4.43. The predicted octanol–water partition coefficient (Wildman–Crippen LogP) is 2.25. The molecule has 2 bridgehead atoms. The van der Waals surface area contributed by atoms with E-state index in [0.29, 0.717) is 17.5 Å². The van der Waals surface area contributed by atoms with Crippen LogP contribution in [-0.4, -0.2) is 23.4 Å². The molecule has 5 heteroatoms. The van der Waals surface area contributed by atoms with E-state index in [4.69, 9.17) is 0 Å². The average molecular weight is 312 g/mol. The lowest BCUT2D eigenvalue weighted by Gasteiger charge is -2.37. The molecular formula is C18H17FN2O2. The number of rotatable bonds is 3. The van der Waals surface area contributed by atoms with Gasteiger partial charge in [0.05, 0.1) is 18.5 Å². The summed E-state index contributed by atoms with van der Waals surface area (Å²) in [7, 11) is 0. The molecule has 0 aromatic heterocycles. The summed E-state index contributed by atoms with van der Waals surface area (Å²) in [5, 5.41) is 3.05. The molecule has 0 unspecified atom stereocenters. The Hall–Kier alpha value is -2.17. The lowest BCUT2D eigenvalue weighted by molar-refractivity contribution is -0.139. The lowest BCUT2D eigenvalue weighted by Crippen LogP contribution is -2.40. The number of amides is 2. The third-order valence-corrected chi connectivity index (χ3v) is 6.04. The zero-order valence-electron chi connectivity index (χ0n) is 12.5. The molecule has 1 N–H and O–H groups in total. The van der Waals surface area contributed by atoms with Crippen molar-refractivity contribution >= 4 is 17.5 Å². The number of anilines is 1. The SMILES string of the molecule is O=C1[C@@H]2[C@H]3C=C[C@H]([C@H]4C[C@H]34)[C@@H]2C(=O)N1CNc1ccc(F)cc1. The maximum Gasteiger partial charge on any atom is 0.235 e. The van der Waals surface area contributed by atoms with Crippen LogP contribution in [0.3, 0.4) is 0 Å². The Morgan fingerprint density at radius 3 is 2.13 bits per heavy atom. The molecule has 118 valence electrons. The largest absolute Gasteiger partial charge is 0.367 e. The molecule has 0 radical (unpaired) electrons. The van der Waals surface area contributed by atoms with Gasteiger partial charge in [0.2, 0.25) is 11.8 Å². The number of hydrogen-bond donors (Lipinski definition) is 1. The van der Waals surface area contributed by atoms with Crippen molar-refractivity contribution in [1.29, 1.82) is 0 Å². The third-order valence-electron chi connectivity index (χ3n) is 6.04. The molecule has 1 aromatic rings. The monoisotopic (exact) mass is 312 g/mol. The Balaban J connectivity index is 1.36. The van der Waals surface area contributed by atoms with Crippen LogP contribution in [0.4, 0.5) is 10.1 Å². The highest BCUT2D eigenvalue weighted by Crippen LogP contribution is 2.65. The first-order valence-corrected chi connectivity index (χ1v) is 8.18. The van der Waals surface area contributed by atoms with E-state index in [9.17, 15) is 14.0 Å². The molecule has 1 saturated heterocycles. The Morgan fingerprint density at radius 2 is 1.57 bits per heavy atom. The summed E-state index contributed by atoms with van der Waals surface area (Å²) in [4.78, 5) is 26.9. The fourth-order valence-corrected chi connectivity index (χ4v) is 4.91. The number of nitrogens with one attached hydrogen (secondary N) is 1. The predicted molar refractivity (Wildman–Crippen MR) is 81.4 cm³/mol. The molecule has 6 rings (SSSR count). The maximum atomic E-state index is 12.9. The fraction of sp³-hybridized carbons (Fsp3) is 0.444. The number of imide groups is 1. The van der Waals surface area contributed by atoms with E-state index in [0.717, 1.165) is 0 Å². The Labute approximate surface area is 133 Å². The standard InChI is InChI=1S/C18H17FN2O2/c19-9-1-3-10(4-2-9)20-8-21-17(22)15-11-5-6-12(14-7-13(11)14)16(15)18(21)23/h1-6,11-16,20H,7-8H2/t11-,12+,13-,14-,15+,16-/m1/s1. The van der Waals surface area contributed by atoms with E-state index in [2.05, 4.69) is 17.5 Å². The molecule has 5 aliphatic rings. The molecule has 4 nitrogen and oxygen atoms in total. The molecule has 1 aromatic carbocycles. The van der Waals surface area contributed by atoms with Gasteiger partial charge in [-0.3, -0.25) is 14.5 Å². The number of allylic oxidation sites excluding steroid dienone is 2. The number of nitrogens with zero attached hydrogens (tertiary/aromatic N) is 1. The highest BCUT2D eigenvalue weighted by Gasteiger charge is 2.66. The van der Waals surface area contributed by atoms with Crippen molar-refractivity contribution in [3.63, 3.8) is 0 Å².